The van der Waals surface area contributed by atoms with Crippen molar-refractivity contribution in [2.24, 2.45) is 0 Å². The van der Waals surface area contributed by atoms with Crippen molar-refractivity contribution in [1.29, 1.82) is 0 Å². The number of ketones is 1. The Kier molecular flexibility index (Phi) is 5.31. The Morgan fingerprint density at radius 2 is 1.66 bits per heavy atom. The summed E-state index contributed by atoms with van der Waals surface area (Å²) in [5, 5.41) is 9.87. The van der Waals surface area contributed by atoms with Crippen LogP contribution in [0, 0.1) is 0 Å². The third-order valence-electron chi connectivity index (χ3n) is 4.23. The van der Waals surface area contributed by atoms with E-state index < -0.39 is 12.1 Å². The number of esters is 1. The first kappa shape index (κ1) is 18.8. The Balaban J connectivity index is 1.54. The van der Waals surface area contributed by atoms with Gasteiger partial charge in [0, 0.05) is 11.1 Å². The van der Waals surface area contributed by atoms with E-state index in [2.05, 4.69) is 10.2 Å². The zero-order valence-electron chi connectivity index (χ0n) is 15.4. The molecule has 0 spiro atoms. The number of aromatic nitrogens is 2. The molecule has 144 valence electrons. The van der Waals surface area contributed by atoms with E-state index in [0.717, 1.165) is 4.88 Å². The van der Waals surface area contributed by atoms with Crippen LogP contribution in [0.5, 0.6) is 0 Å². The van der Waals surface area contributed by atoms with Crippen LogP contribution < -0.4 is 0 Å². The molecule has 0 aliphatic rings. The Labute approximate surface area is 170 Å². The predicted octanol–water partition coefficient (Wildman–Crippen LogP) is 4.95. The molecule has 0 N–H and O–H groups in total. The normalized spacial score (nSPS) is 11.8. The standard InChI is InChI=1S/C22H16N2O4S/c1-14(20-23-24-21(28-20)18-12-7-13-29-18)27-22(26)17-11-6-5-10-16(17)19(25)15-8-3-2-4-9-15/h2-14H,1H3/t14-/m0/s1. The summed E-state index contributed by atoms with van der Waals surface area (Å²) in [6, 6.07) is 19.1. The van der Waals surface area contributed by atoms with Gasteiger partial charge in [-0.2, -0.15) is 0 Å². The highest BCUT2D eigenvalue weighted by atomic mass is 32.1. The van der Waals surface area contributed by atoms with Crippen LogP contribution in [0.4, 0.5) is 0 Å². The number of hydrogen-bond acceptors (Lipinski definition) is 7. The van der Waals surface area contributed by atoms with Crippen LogP contribution in [0.3, 0.4) is 0 Å². The molecule has 2 aromatic carbocycles. The molecule has 2 heterocycles. The van der Waals surface area contributed by atoms with Crippen LogP contribution in [0.1, 0.15) is 45.2 Å². The average molecular weight is 404 g/mol. The van der Waals surface area contributed by atoms with Crippen LogP contribution in [-0.2, 0) is 4.74 Å². The van der Waals surface area contributed by atoms with E-state index in [1.165, 1.54) is 11.3 Å². The number of ether oxygens (including phenoxy) is 1. The predicted molar refractivity (Wildman–Crippen MR) is 108 cm³/mol. The molecule has 7 heteroatoms. The van der Waals surface area contributed by atoms with Crippen molar-refractivity contribution >= 4 is 23.1 Å². The molecular formula is C22H16N2O4S. The number of hydrogen-bond donors (Lipinski definition) is 0. The minimum absolute atomic E-state index is 0.186. The van der Waals surface area contributed by atoms with Gasteiger partial charge in [0.05, 0.1) is 10.4 Å². The highest BCUT2D eigenvalue weighted by molar-refractivity contribution is 7.13. The van der Waals surface area contributed by atoms with Gasteiger partial charge in [-0.3, -0.25) is 4.79 Å². The first-order valence-electron chi connectivity index (χ1n) is 8.90. The number of carbonyl (C=O) groups is 2. The van der Waals surface area contributed by atoms with E-state index in [9.17, 15) is 9.59 Å². The van der Waals surface area contributed by atoms with Gasteiger partial charge in [-0.05, 0) is 24.4 Å². The topological polar surface area (TPSA) is 82.3 Å². The monoisotopic (exact) mass is 404 g/mol. The third kappa shape index (κ3) is 4.00. The minimum atomic E-state index is -0.761. The summed E-state index contributed by atoms with van der Waals surface area (Å²) in [6.45, 7) is 1.64. The molecule has 0 saturated heterocycles. The molecule has 0 radical (unpaired) electrons. The summed E-state index contributed by atoms with van der Waals surface area (Å²) in [6.07, 6.45) is -0.761. The lowest BCUT2D eigenvalue weighted by Gasteiger charge is -2.12. The van der Waals surface area contributed by atoms with Gasteiger partial charge in [-0.25, -0.2) is 4.79 Å². The molecule has 4 rings (SSSR count). The van der Waals surface area contributed by atoms with Gasteiger partial charge in [-0.1, -0.05) is 54.6 Å². The van der Waals surface area contributed by atoms with Gasteiger partial charge >= 0.3 is 5.97 Å². The van der Waals surface area contributed by atoms with Crippen molar-refractivity contribution in [3.63, 3.8) is 0 Å². The maximum absolute atomic E-state index is 12.8. The molecule has 29 heavy (non-hydrogen) atoms. The third-order valence-corrected chi connectivity index (χ3v) is 5.09. The van der Waals surface area contributed by atoms with Crippen LogP contribution >= 0.6 is 11.3 Å². The second kappa shape index (κ2) is 8.20. The first-order valence-corrected chi connectivity index (χ1v) is 9.78. The van der Waals surface area contributed by atoms with Gasteiger partial charge in [0.1, 0.15) is 0 Å². The highest BCUT2D eigenvalue weighted by Crippen LogP contribution is 2.26. The van der Waals surface area contributed by atoms with Crippen LogP contribution in [0.2, 0.25) is 0 Å². The number of rotatable bonds is 6. The summed E-state index contributed by atoms with van der Waals surface area (Å²) in [5.74, 6) is -0.317. The molecule has 0 aliphatic carbocycles. The van der Waals surface area contributed by atoms with Crippen LogP contribution in [0.25, 0.3) is 10.8 Å². The fourth-order valence-corrected chi connectivity index (χ4v) is 3.42. The molecule has 0 fully saturated rings. The van der Waals surface area contributed by atoms with E-state index in [1.54, 1.807) is 55.5 Å². The molecule has 6 nitrogen and oxygen atoms in total. The Morgan fingerprint density at radius 1 is 0.931 bits per heavy atom. The maximum atomic E-state index is 12.8. The number of carbonyl (C=O) groups excluding carboxylic acids is 2. The molecule has 0 saturated carbocycles. The van der Waals surface area contributed by atoms with E-state index in [0.29, 0.717) is 11.5 Å². The summed E-state index contributed by atoms with van der Waals surface area (Å²) in [7, 11) is 0. The molecule has 0 unspecified atom stereocenters. The van der Waals surface area contributed by atoms with Crippen molar-refractivity contribution in [1.82, 2.24) is 10.2 Å². The van der Waals surface area contributed by atoms with Gasteiger partial charge in [0.15, 0.2) is 11.9 Å². The summed E-state index contributed by atoms with van der Waals surface area (Å²) >= 11 is 1.47. The van der Waals surface area contributed by atoms with Gasteiger partial charge < -0.3 is 9.15 Å². The number of thiophene rings is 1. The van der Waals surface area contributed by atoms with E-state index in [-0.39, 0.29) is 22.8 Å². The largest absolute Gasteiger partial charge is 0.449 e. The smallest absolute Gasteiger partial charge is 0.339 e. The quantitative estimate of drug-likeness (QED) is 0.334. The first-order chi connectivity index (χ1) is 14.1. The van der Waals surface area contributed by atoms with Crippen LogP contribution in [0.15, 0.2) is 76.5 Å². The second-order valence-corrected chi connectivity index (χ2v) is 7.16. The molecular weight excluding hydrogens is 388 g/mol. The molecule has 0 aliphatic heterocycles. The number of nitrogens with zero attached hydrogens (tertiary/aromatic N) is 2. The average Bonchev–Trinajstić information content (AvgIpc) is 3.45. The van der Waals surface area contributed by atoms with E-state index in [1.807, 2.05) is 23.6 Å². The van der Waals surface area contributed by atoms with Crippen molar-refractivity contribution in [2.45, 2.75) is 13.0 Å². The molecule has 1 atom stereocenters. The summed E-state index contributed by atoms with van der Waals surface area (Å²) < 4.78 is 11.1. The molecule has 0 bridgehead atoms. The van der Waals surface area contributed by atoms with E-state index >= 15 is 0 Å². The zero-order valence-corrected chi connectivity index (χ0v) is 16.3. The zero-order chi connectivity index (χ0) is 20.2. The van der Waals surface area contributed by atoms with E-state index in [4.69, 9.17) is 9.15 Å². The van der Waals surface area contributed by atoms with Crippen molar-refractivity contribution in [3.05, 3.63) is 94.7 Å². The maximum Gasteiger partial charge on any atom is 0.339 e. The fourth-order valence-electron chi connectivity index (χ4n) is 2.78. The summed E-state index contributed by atoms with van der Waals surface area (Å²) in [4.78, 5) is 26.4. The lowest BCUT2D eigenvalue weighted by atomic mass is 9.98. The van der Waals surface area contributed by atoms with Crippen LogP contribution in [-0.4, -0.2) is 21.9 Å². The number of benzene rings is 2. The fraction of sp³-hybridized carbons (Fsp3) is 0.0909. The highest BCUT2D eigenvalue weighted by Gasteiger charge is 2.24. The lowest BCUT2D eigenvalue weighted by molar-refractivity contribution is 0.0278. The lowest BCUT2D eigenvalue weighted by Crippen LogP contribution is -2.14. The molecule has 0 amide bonds. The van der Waals surface area contributed by atoms with Gasteiger partial charge in [0.2, 0.25) is 0 Å². The Hall–Kier alpha value is -3.58. The van der Waals surface area contributed by atoms with Gasteiger partial charge in [0.25, 0.3) is 11.8 Å². The van der Waals surface area contributed by atoms with Crippen molar-refractivity contribution in [2.75, 3.05) is 0 Å². The second-order valence-electron chi connectivity index (χ2n) is 6.21. The minimum Gasteiger partial charge on any atom is -0.449 e. The van der Waals surface area contributed by atoms with Crippen molar-refractivity contribution < 1.29 is 18.7 Å². The molecule has 4 aromatic rings. The summed E-state index contributed by atoms with van der Waals surface area (Å²) in [5.41, 5.74) is 0.963. The Bertz CT molecular complexity index is 1140. The van der Waals surface area contributed by atoms with Gasteiger partial charge in [-0.15, -0.1) is 21.5 Å². The Morgan fingerprint density at radius 3 is 2.38 bits per heavy atom. The SMILES string of the molecule is C[C@H](OC(=O)c1ccccc1C(=O)c1ccccc1)c1nnc(-c2cccs2)o1. The molecule has 2 aromatic heterocycles. The van der Waals surface area contributed by atoms with Crippen molar-refractivity contribution in [3.8, 4) is 10.8 Å².